The molecule has 1 aromatic carbocycles. The molecular weight excluding hydrogens is 318 g/mol. The number of rotatable bonds is 5. The maximum absolute atomic E-state index is 13.0. The van der Waals surface area contributed by atoms with E-state index in [0.717, 1.165) is 5.57 Å². The summed E-state index contributed by atoms with van der Waals surface area (Å²) in [7, 11) is 0. The van der Waals surface area contributed by atoms with Gasteiger partial charge in [0.05, 0.1) is 23.9 Å². The number of para-hydroxylation sites is 1. The fourth-order valence-electron chi connectivity index (χ4n) is 3.41. The lowest BCUT2D eigenvalue weighted by Gasteiger charge is -2.23. The molecule has 1 aromatic heterocycles. The molecule has 0 saturated carbocycles. The molecule has 0 unspecified atom stereocenters. The Morgan fingerprint density at radius 3 is 2.60 bits per heavy atom. The standard InChI is InChI=1S/C20H21NO4/c1-12(2)10-21-16-8-6-5-7-15(16)20(24,19(21)23)9-17(22)18-13(3)11-25-14(18)4/h5-8,11,24H,1,9-10H2,2-4H3/t20-/m0/s1. The summed E-state index contributed by atoms with van der Waals surface area (Å²) < 4.78 is 5.27. The van der Waals surface area contributed by atoms with Gasteiger partial charge in [-0.2, -0.15) is 0 Å². The van der Waals surface area contributed by atoms with Crippen LogP contribution in [0.5, 0.6) is 0 Å². The van der Waals surface area contributed by atoms with Gasteiger partial charge in [-0.3, -0.25) is 9.59 Å². The van der Waals surface area contributed by atoms with Crippen molar-refractivity contribution in [2.45, 2.75) is 32.8 Å². The van der Waals surface area contributed by atoms with Crippen molar-refractivity contribution in [3.63, 3.8) is 0 Å². The van der Waals surface area contributed by atoms with Crippen molar-refractivity contribution in [2.24, 2.45) is 0 Å². The minimum absolute atomic E-state index is 0.302. The highest BCUT2D eigenvalue weighted by Gasteiger charge is 2.51. The van der Waals surface area contributed by atoms with E-state index in [2.05, 4.69) is 6.58 Å². The molecule has 0 radical (unpaired) electrons. The number of amides is 1. The van der Waals surface area contributed by atoms with Crippen molar-refractivity contribution in [3.05, 3.63) is 65.1 Å². The molecule has 5 heteroatoms. The number of hydrogen-bond donors (Lipinski definition) is 1. The molecule has 1 aliphatic rings. The zero-order valence-electron chi connectivity index (χ0n) is 14.6. The van der Waals surface area contributed by atoms with Crippen molar-refractivity contribution in [2.75, 3.05) is 11.4 Å². The summed E-state index contributed by atoms with van der Waals surface area (Å²) in [5.41, 5.74) is 1.11. The van der Waals surface area contributed by atoms with Crippen LogP contribution < -0.4 is 4.90 Å². The van der Waals surface area contributed by atoms with E-state index in [0.29, 0.717) is 34.7 Å². The molecule has 1 atom stereocenters. The monoisotopic (exact) mass is 339 g/mol. The quantitative estimate of drug-likeness (QED) is 0.670. The van der Waals surface area contributed by atoms with Gasteiger partial charge in [0.15, 0.2) is 11.4 Å². The summed E-state index contributed by atoms with van der Waals surface area (Å²) in [6, 6.07) is 7.01. The number of aryl methyl sites for hydroxylation is 2. The molecule has 1 N–H and O–H groups in total. The van der Waals surface area contributed by atoms with Crippen LogP contribution in [0.2, 0.25) is 0 Å². The summed E-state index contributed by atoms with van der Waals surface area (Å²) in [5.74, 6) is -0.320. The lowest BCUT2D eigenvalue weighted by molar-refractivity contribution is -0.135. The lowest BCUT2D eigenvalue weighted by Crippen LogP contribution is -2.42. The number of nitrogens with zero attached hydrogens (tertiary/aromatic N) is 1. The highest BCUT2D eigenvalue weighted by atomic mass is 16.3. The molecule has 2 heterocycles. The Hall–Kier alpha value is -2.66. The van der Waals surface area contributed by atoms with E-state index >= 15 is 0 Å². The second-order valence-corrected chi connectivity index (χ2v) is 6.68. The second-order valence-electron chi connectivity index (χ2n) is 6.68. The molecule has 0 spiro atoms. The van der Waals surface area contributed by atoms with Crippen molar-refractivity contribution in [1.29, 1.82) is 0 Å². The predicted octanol–water partition coefficient (Wildman–Crippen LogP) is 3.28. The number of hydrogen-bond acceptors (Lipinski definition) is 4. The van der Waals surface area contributed by atoms with Crippen LogP contribution >= 0.6 is 0 Å². The molecule has 1 aliphatic heterocycles. The molecule has 0 bridgehead atoms. The molecule has 1 amide bonds. The maximum Gasteiger partial charge on any atom is 0.264 e. The third-order valence-corrected chi connectivity index (χ3v) is 4.52. The Bertz CT molecular complexity index is 860. The molecule has 0 fully saturated rings. The van der Waals surface area contributed by atoms with Gasteiger partial charge in [-0.25, -0.2) is 0 Å². The zero-order chi connectivity index (χ0) is 18.4. The molecule has 3 rings (SSSR count). The number of carbonyl (C=O) groups excluding carboxylic acids is 2. The van der Waals surface area contributed by atoms with E-state index < -0.39 is 11.5 Å². The molecule has 5 nitrogen and oxygen atoms in total. The average molecular weight is 339 g/mol. The van der Waals surface area contributed by atoms with E-state index in [1.54, 1.807) is 38.1 Å². The van der Waals surface area contributed by atoms with Crippen molar-refractivity contribution < 1.29 is 19.1 Å². The van der Waals surface area contributed by atoms with E-state index in [9.17, 15) is 14.7 Å². The van der Waals surface area contributed by atoms with Crippen LogP contribution in [0.15, 0.2) is 47.1 Å². The first kappa shape index (κ1) is 17.2. The van der Waals surface area contributed by atoms with Crippen LogP contribution in [0, 0.1) is 13.8 Å². The fraction of sp³-hybridized carbons (Fsp3) is 0.300. The van der Waals surface area contributed by atoms with Crippen LogP contribution in [0.25, 0.3) is 0 Å². The number of ketones is 1. The number of Topliss-reactive ketones (excluding diaryl/α,β-unsaturated/α-hetero) is 1. The van der Waals surface area contributed by atoms with Gasteiger partial charge in [-0.05, 0) is 32.4 Å². The third kappa shape index (κ3) is 2.70. The Morgan fingerprint density at radius 2 is 2.00 bits per heavy atom. The zero-order valence-corrected chi connectivity index (χ0v) is 14.6. The van der Waals surface area contributed by atoms with E-state index in [-0.39, 0.29) is 12.2 Å². The van der Waals surface area contributed by atoms with Gasteiger partial charge in [0.2, 0.25) is 0 Å². The van der Waals surface area contributed by atoms with E-state index in [1.807, 2.05) is 6.92 Å². The van der Waals surface area contributed by atoms with Gasteiger partial charge in [0.1, 0.15) is 5.76 Å². The fourth-order valence-corrected chi connectivity index (χ4v) is 3.41. The number of anilines is 1. The van der Waals surface area contributed by atoms with Gasteiger partial charge in [-0.15, -0.1) is 0 Å². The molecule has 2 aromatic rings. The molecule has 130 valence electrons. The van der Waals surface area contributed by atoms with Crippen LogP contribution in [-0.2, 0) is 10.4 Å². The Balaban J connectivity index is 2.01. The third-order valence-electron chi connectivity index (χ3n) is 4.52. The average Bonchev–Trinajstić information content (AvgIpc) is 2.98. The van der Waals surface area contributed by atoms with Gasteiger partial charge < -0.3 is 14.4 Å². The first-order valence-corrected chi connectivity index (χ1v) is 8.12. The Morgan fingerprint density at radius 1 is 1.32 bits per heavy atom. The number of carbonyl (C=O) groups is 2. The first-order chi connectivity index (χ1) is 11.8. The second kappa shape index (κ2) is 6.01. The summed E-state index contributed by atoms with van der Waals surface area (Å²) in [4.78, 5) is 27.2. The maximum atomic E-state index is 13.0. The highest BCUT2D eigenvalue weighted by Crippen LogP contribution is 2.43. The molecule has 0 saturated heterocycles. The Kier molecular flexibility index (Phi) is 4.13. The van der Waals surface area contributed by atoms with Gasteiger partial charge >= 0.3 is 0 Å². The summed E-state index contributed by atoms with van der Waals surface area (Å²) in [6.45, 7) is 9.43. The van der Waals surface area contributed by atoms with Crippen LogP contribution in [0.3, 0.4) is 0 Å². The number of fused-ring (bicyclic) bond motifs is 1. The predicted molar refractivity (Wildman–Crippen MR) is 94.6 cm³/mol. The minimum atomic E-state index is -1.88. The SMILES string of the molecule is C=C(C)CN1C(=O)[C@](O)(CC(=O)c2c(C)coc2C)c2ccccc21. The van der Waals surface area contributed by atoms with E-state index in [1.165, 1.54) is 11.2 Å². The number of furan rings is 1. The summed E-state index contributed by atoms with van der Waals surface area (Å²) in [5, 5.41) is 11.2. The summed E-state index contributed by atoms with van der Waals surface area (Å²) >= 11 is 0. The smallest absolute Gasteiger partial charge is 0.264 e. The molecule has 0 aliphatic carbocycles. The van der Waals surface area contributed by atoms with Crippen LogP contribution in [0.4, 0.5) is 5.69 Å². The van der Waals surface area contributed by atoms with Crippen LogP contribution in [-0.4, -0.2) is 23.3 Å². The largest absolute Gasteiger partial charge is 0.469 e. The lowest BCUT2D eigenvalue weighted by atomic mass is 9.87. The van der Waals surface area contributed by atoms with Gasteiger partial charge in [-0.1, -0.05) is 30.4 Å². The van der Waals surface area contributed by atoms with Crippen molar-refractivity contribution >= 4 is 17.4 Å². The highest BCUT2D eigenvalue weighted by molar-refractivity contribution is 6.11. The first-order valence-electron chi connectivity index (χ1n) is 8.12. The normalized spacial score (nSPS) is 19.2. The van der Waals surface area contributed by atoms with Crippen molar-refractivity contribution in [1.82, 2.24) is 0 Å². The van der Waals surface area contributed by atoms with Crippen molar-refractivity contribution in [3.8, 4) is 0 Å². The van der Waals surface area contributed by atoms with E-state index in [4.69, 9.17) is 4.42 Å². The van der Waals surface area contributed by atoms with Gasteiger partial charge in [0, 0.05) is 12.1 Å². The summed E-state index contributed by atoms with van der Waals surface area (Å²) in [6.07, 6.45) is 1.18. The number of benzene rings is 1. The topological polar surface area (TPSA) is 70.8 Å². The Labute approximate surface area is 146 Å². The molecule has 25 heavy (non-hydrogen) atoms. The van der Waals surface area contributed by atoms with Gasteiger partial charge in [0.25, 0.3) is 5.91 Å². The van der Waals surface area contributed by atoms with Crippen LogP contribution in [0.1, 0.15) is 40.6 Å². The minimum Gasteiger partial charge on any atom is -0.469 e. The molecular formula is C20H21NO4. The number of aliphatic hydroxyl groups is 1.